The van der Waals surface area contributed by atoms with Gasteiger partial charge in [-0.1, -0.05) is 0 Å². The van der Waals surface area contributed by atoms with Crippen LogP contribution in [0.2, 0.25) is 0 Å². The summed E-state index contributed by atoms with van der Waals surface area (Å²) in [5, 5.41) is 19.5. The van der Waals surface area contributed by atoms with Crippen LogP contribution in [-0.2, 0) is 0 Å². The molecule has 4 atom stereocenters. The Morgan fingerprint density at radius 1 is 1.33 bits per heavy atom. The van der Waals surface area contributed by atoms with E-state index < -0.39 is 41.4 Å². The highest BCUT2D eigenvalue weighted by atomic mass is 19.1. The van der Waals surface area contributed by atoms with Gasteiger partial charge in [0.05, 0.1) is 18.3 Å². The number of nitrogens with zero attached hydrogens (tertiary/aromatic N) is 1. The predicted octanol–water partition coefficient (Wildman–Crippen LogP) is -1.94. The molecule has 100 valence electrons. The lowest BCUT2D eigenvalue weighted by molar-refractivity contribution is -0.0514. The van der Waals surface area contributed by atoms with Crippen LogP contribution in [0.4, 0.5) is 4.39 Å². The third-order valence-corrected chi connectivity index (χ3v) is 3.26. The molecule has 1 aromatic heterocycles. The van der Waals surface area contributed by atoms with Gasteiger partial charge in [0.2, 0.25) is 5.82 Å². The number of aromatic amines is 1. The van der Waals surface area contributed by atoms with Crippen molar-refractivity contribution in [1.82, 2.24) is 9.55 Å². The number of rotatable bonds is 1. The van der Waals surface area contributed by atoms with Gasteiger partial charge in [-0.05, 0) is 12.8 Å². The molecule has 1 heterocycles. The zero-order valence-electron chi connectivity index (χ0n) is 9.41. The number of aliphatic hydroxyl groups excluding tert-OH is 2. The van der Waals surface area contributed by atoms with Gasteiger partial charge in [-0.2, -0.15) is 4.39 Å². The highest BCUT2D eigenvalue weighted by Crippen LogP contribution is 2.27. The van der Waals surface area contributed by atoms with Crippen molar-refractivity contribution in [2.75, 3.05) is 0 Å². The van der Waals surface area contributed by atoms with Gasteiger partial charge in [-0.15, -0.1) is 0 Å². The van der Waals surface area contributed by atoms with Crippen LogP contribution >= 0.6 is 0 Å². The van der Waals surface area contributed by atoms with Gasteiger partial charge in [0.15, 0.2) is 0 Å². The molecule has 1 aromatic rings. The second-order valence-corrected chi connectivity index (χ2v) is 4.43. The monoisotopic (exact) mass is 259 g/mol. The maximum atomic E-state index is 13.1. The molecule has 0 saturated heterocycles. The molecule has 0 spiro atoms. The SMILES string of the molecule is N[C@@H]1CC[C@@H](n2cc(F)c(=O)[nH]c2=O)[C@H](O)[C@@H]1O. The number of H-pyrrole nitrogens is 1. The van der Waals surface area contributed by atoms with Gasteiger partial charge in [-0.25, -0.2) is 4.79 Å². The average Bonchev–Trinajstić information content (AvgIpc) is 2.32. The van der Waals surface area contributed by atoms with Crippen molar-refractivity contribution < 1.29 is 14.6 Å². The number of aliphatic hydroxyl groups is 2. The summed E-state index contributed by atoms with van der Waals surface area (Å²) >= 11 is 0. The number of halogens is 1. The molecule has 0 bridgehead atoms. The number of hydrogen-bond donors (Lipinski definition) is 4. The first-order valence-electron chi connectivity index (χ1n) is 5.54. The Labute approximate surface area is 101 Å². The maximum Gasteiger partial charge on any atom is 0.328 e. The van der Waals surface area contributed by atoms with Gasteiger partial charge < -0.3 is 15.9 Å². The van der Waals surface area contributed by atoms with E-state index in [4.69, 9.17) is 5.73 Å². The molecule has 0 unspecified atom stereocenters. The van der Waals surface area contributed by atoms with Crippen molar-refractivity contribution in [3.63, 3.8) is 0 Å². The number of nitrogens with one attached hydrogen (secondary N) is 1. The summed E-state index contributed by atoms with van der Waals surface area (Å²) in [5.74, 6) is -1.12. The number of aromatic nitrogens is 2. The molecular weight excluding hydrogens is 245 g/mol. The quantitative estimate of drug-likeness (QED) is 0.467. The third kappa shape index (κ3) is 2.09. The minimum absolute atomic E-state index is 0.310. The molecule has 5 N–H and O–H groups in total. The Balaban J connectivity index is 2.41. The van der Waals surface area contributed by atoms with Crippen molar-refractivity contribution in [3.05, 3.63) is 32.9 Å². The summed E-state index contributed by atoms with van der Waals surface area (Å²) in [6, 6.07) is -1.39. The first-order valence-corrected chi connectivity index (χ1v) is 5.54. The summed E-state index contributed by atoms with van der Waals surface area (Å²) in [6.07, 6.45) is -1.04. The number of hydrogen-bond acceptors (Lipinski definition) is 5. The molecule has 1 aliphatic rings. The van der Waals surface area contributed by atoms with Crippen LogP contribution in [0.5, 0.6) is 0 Å². The van der Waals surface area contributed by atoms with E-state index in [0.717, 1.165) is 10.8 Å². The van der Waals surface area contributed by atoms with E-state index in [9.17, 15) is 24.2 Å². The fraction of sp³-hybridized carbons (Fsp3) is 0.600. The van der Waals surface area contributed by atoms with Crippen molar-refractivity contribution in [2.45, 2.75) is 37.1 Å². The van der Waals surface area contributed by atoms with E-state index >= 15 is 0 Å². The molecule has 8 heteroatoms. The Morgan fingerprint density at radius 3 is 2.67 bits per heavy atom. The fourth-order valence-corrected chi connectivity index (χ4v) is 2.20. The van der Waals surface area contributed by atoms with Crippen LogP contribution in [0.3, 0.4) is 0 Å². The molecule has 1 aliphatic carbocycles. The van der Waals surface area contributed by atoms with Crippen molar-refractivity contribution in [1.29, 1.82) is 0 Å². The standard InChI is InChI=1S/C10H14FN3O4/c11-4-3-14(10(18)13-9(4)17)6-2-1-5(12)7(15)8(6)16/h3,5-8,15-16H,1-2,12H2,(H,13,17,18)/t5-,6-,7-,8+/m1/s1. The molecule has 1 saturated carbocycles. The molecule has 7 nitrogen and oxygen atoms in total. The molecule has 0 radical (unpaired) electrons. The van der Waals surface area contributed by atoms with Crippen molar-refractivity contribution in [2.24, 2.45) is 5.73 Å². The van der Waals surface area contributed by atoms with Crippen LogP contribution in [-0.4, -0.2) is 38.0 Å². The lowest BCUT2D eigenvalue weighted by Gasteiger charge is -2.36. The summed E-state index contributed by atoms with van der Waals surface area (Å²) < 4.78 is 14.0. The Hall–Kier alpha value is -1.51. The summed E-state index contributed by atoms with van der Waals surface area (Å²) in [6.45, 7) is 0. The first-order chi connectivity index (χ1) is 8.41. The largest absolute Gasteiger partial charge is 0.389 e. The highest BCUT2D eigenvalue weighted by molar-refractivity contribution is 4.97. The second-order valence-electron chi connectivity index (χ2n) is 4.43. The molecule has 2 rings (SSSR count). The maximum absolute atomic E-state index is 13.1. The second kappa shape index (κ2) is 4.63. The smallest absolute Gasteiger partial charge is 0.328 e. The Kier molecular flexibility index (Phi) is 3.33. The van der Waals surface area contributed by atoms with E-state index in [0.29, 0.717) is 12.8 Å². The fourth-order valence-electron chi connectivity index (χ4n) is 2.20. The van der Waals surface area contributed by atoms with Gasteiger partial charge in [0, 0.05) is 6.04 Å². The summed E-state index contributed by atoms with van der Waals surface area (Å²) in [5.41, 5.74) is 3.63. The van der Waals surface area contributed by atoms with Crippen molar-refractivity contribution in [3.8, 4) is 0 Å². The molecule has 0 aliphatic heterocycles. The summed E-state index contributed by atoms with van der Waals surface area (Å²) in [4.78, 5) is 24.2. The van der Waals surface area contributed by atoms with Gasteiger partial charge in [-0.3, -0.25) is 14.3 Å². The average molecular weight is 259 g/mol. The topological polar surface area (TPSA) is 121 Å². The molecule has 18 heavy (non-hydrogen) atoms. The van der Waals surface area contributed by atoms with Crippen LogP contribution in [0.15, 0.2) is 15.8 Å². The minimum Gasteiger partial charge on any atom is -0.389 e. The molecule has 1 fully saturated rings. The minimum atomic E-state index is -1.28. The van der Waals surface area contributed by atoms with Crippen LogP contribution < -0.4 is 17.0 Å². The third-order valence-electron chi connectivity index (χ3n) is 3.26. The first kappa shape index (κ1) is 12.9. The van der Waals surface area contributed by atoms with E-state index in [2.05, 4.69) is 0 Å². The van der Waals surface area contributed by atoms with Crippen LogP contribution in [0, 0.1) is 5.82 Å². The van der Waals surface area contributed by atoms with Crippen LogP contribution in [0.1, 0.15) is 18.9 Å². The molecule has 0 amide bonds. The zero-order valence-corrected chi connectivity index (χ0v) is 9.41. The predicted molar refractivity (Wildman–Crippen MR) is 59.5 cm³/mol. The van der Waals surface area contributed by atoms with E-state index in [1.54, 1.807) is 4.98 Å². The number of nitrogens with two attached hydrogens (primary N) is 1. The zero-order chi connectivity index (χ0) is 13.4. The van der Waals surface area contributed by atoms with Gasteiger partial charge in [0.1, 0.15) is 6.10 Å². The normalized spacial score (nSPS) is 32.4. The van der Waals surface area contributed by atoms with Crippen molar-refractivity contribution >= 4 is 0 Å². The highest BCUT2D eigenvalue weighted by Gasteiger charge is 2.37. The van der Waals surface area contributed by atoms with E-state index in [1.165, 1.54) is 0 Å². The summed E-state index contributed by atoms with van der Waals surface area (Å²) in [7, 11) is 0. The molecular formula is C10H14FN3O4. The Morgan fingerprint density at radius 2 is 2.00 bits per heavy atom. The lowest BCUT2D eigenvalue weighted by Crippen LogP contribution is -2.52. The van der Waals surface area contributed by atoms with E-state index in [-0.39, 0.29) is 0 Å². The Bertz CT molecular complexity index is 555. The van der Waals surface area contributed by atoms with Crippen LogP contribution in [0.25, 0.3) is 0 Å². The van der Waals surface area contributed by atoms with Gasteiger partial charge in [0.25, 0.3) is 5.56 Å². The van der Waals surface area contributed by atoms with E-state index in [1.807, 2.05) is 0 Å². The molecule has 0 aromatic carbocycles. The lowest BCUT2D eigenvalue weighted by atomic mass is 9.86. The van der Waals surface area contributed by atoms with Gasteiger partial charge >= 0.3 is 5.69 Å².